The third-order valence-corrected chi connectivity index (χ3v) is 5.41. The minimum Gasteiger partial charge on any atom is -0.486 e. The highest BCUT2D eigenvalue weighted by atomic mass is 32.2. The zero-order chi connectivity index (χ0) is 18.9. The molecule has 1 aliphatic rings. The first kappa shape index (κ1) is 18.1. The first-order valence-corrected chi connectivity index (χ1v) is 9.60. The standard InChI is InChI=1S/C17H20N2O6S/c1-4-23-17(20)15-10(2)18-11(3)16(15)26(21,22)19-12-5-6-13-14(9-12)25-8-7-24-13/h5-6,9,18-19H,4,7-8H2,1-3H3. The molecular formula is C17H20N2O6S. The van der Waals surface area contributed by atoms with E-state index in [0.717, 1.165) is 0 Å². The summed E-state index contributed by atoms with van der Waals surface area (Å²) < 4.78 is 44.2. The van der Waals surface area contributed by atoms with Crippen LogP contribution < -0.4 is 14.2 Å². The van der Waals surface area contributed by atoms with Crippen LogP contribution in [0, 0.1) is 13.8 Å². The Morgan fingerprint density at radius 3 is 2.58 bits per heavy atom. The number of nitrogens with one attached hydrogen (secondary N) is 2. The normalized spacial score (nSPS) is 13.3. The van der Waals surface area contributed by atoms with Crippen LogP contribution in [0.2, 0.25) is 0 Å². The average Bonchev–Trinajstić information content (AvgIpc) is 2.89. The fourth-order valence-electron chi connectivity index (χ4n) is 2.86. The second-order valence-corrected chi connectivity index (χ2v) is 7.38. The molecule has 0 saturated carbocycles. The smallest absolute Gasteiger partial charge is 0.341 e. The van der Waals surface area contributed by atoms with Crippen molar-refractivity contribution < 1.29 is 27.4 Å². The van der Waals surface area contributed by atoms with Crippen molar-refractivity contribution in [2.45, 2.75) is 25.7 Å². The van der Waals surface area contributed by atoms with E-state index in [9.17, 15) is 13.2 Å². The van der Waals surface area contributed by atoms with E-state index in [1.54, 1.807) is 39.0 Å². The van der Waals surface area contributed by atoms with E-state index < -0.39 is 16.0 Å². The summed E-state index contributed by atoms with van der Waals surface area (Å²) in [6.07, 6.45) is 0. The number of carbonyl (C=O) groups excluding carboxylic acids is 1. The molecule has 3 rings (SSSR count). The van der Waals surface area contributed by atoms with Gasteiger partial charge < -0.3 is 19.2 Å². The van der Waals surface area contributed by atoms with Gasteiger partial charge in [0.1, 0.15) is 23.7 Å². The molecule has 0 unspecified atom stereocenters. The van der Waals surface area contributed by atoms with Gasteiger partial charge >= 0.3 is 5.97 Å². The Balaban J connectivity index is 1.97. The van der Waals surface area contributed by atoms with Gasteiger partial charge in [0, 0.05) is 17.5 Å². The molecule has 0 bridgehead atoms. The molecule has 0 radical (unpaired) electrons. The predicted molar refractivity (Wildman–Crippen MR) is 94.5 cm³/mol. The monoisotopic (exact) mass is 380 g/mol. The van der Waals surface area contributed by atoms with Crippen molar-refractivity contribution in [3.63, 3.8) is 0 Å². The van der Waals surface area contributed by atoms with Crippen LogP contribution in [0.1, 0.15) is 28.7 Å². The molecule has 2 aromatic rings. The summed E-state index contributed by atoms with van der Waals surface area (Å²) in [6, 6.07) is 4.75. The molecular weight excluding hydrogens is 360 g/mol. The Bertz CT molecular complexity index is 948. The first-order valence-electron chi connectivity index (χ1n) is 8.12. The molecule has 8 nitrogen and oxygen atoms in total. The van der Waals surface area contributed by atoms with Crippen molar-refractivity contribution in [2.75, 3.05) is 24.5 Å². The maximum absolute atomic E-state index is 12.9. The van der Waals surface area contributed by atoms with Crippen LogP contribution in [0.25, 0.3) is 0 Å². The number of ether oxygens (including phenoxy) is 3. The molecule has 1 aromatic heterocycles. The number of aryl methyl sites for hydroxylation is 2. The van der Waals surface area contributed by atoms with E-state index in [1.165, 1.54) is 0 Å². The molecule has 2 N–H and O–H groups in total. The van der Waals surface area contributed by atoms with Crippen LogP contribution in [0.4, 0.5) is 5.69 Å². The van der Waals surface area contributed by atoms with E-state index in [1.807, 2.05) is 0 Å². The summed E-state index contributed by atoms with van der Waals surface area (Å²) in [6.45, 7) is 5.87. The van der Waals surface area contributed by atoms with E-state index in [4.69, 9.17) is 14.2 Å². The lowest BCUT2D eigenvalue weighted by Crippen LogP contribution is -2.19. The van der Waals surface area contributed by atoms with Gasteiger partial charge in [0.15, 0.2) is 11.5 Å². The number of aromatic amines is 1. The van der Waals surface area contributed by atoms with E-state index in [2.05, 4.69) is 9.71 Å². The van der Waals surface area contributed by atoms with Crippen LogP contribution in [0.5, 0.6) is 11.5 Å². The minimum absolute atomic E-state index is 0.00870. The number of esters is 1. The Morgan fingerprint density at radius 1 is 1.19 bits per heavy atom. The van der Waals surface area contributed by atoms with Gasteiger partial charge in [-0.2, -0.15) is 0 Å². The lowest BCUT2D eigenvalue weighted by molar-refractivity contribution is 0.0521. The van der Waals surface area contributed by atoms with Gasteiger partial charge in [-0.1, -0.05) is 0 Å². The number of anilines is 1. The van der Waals surface area contributed by atoms with E-state index in [0.29, 0.717) is 41.8 Å². The van der Waals surface area contributed by atoms with Gasteiger partial charge in [-0.05, 0) is 32.9 Å². The molecule has 0 saturated heterocycles. The lowest BCUT2D eigenvalue weighted by atomic mass is 10.2. The molecule has 1 aliphatic heterocycles. The number of rotatable bonds is 5. The number of fused-ring (bicyclic) bond motifs is 1. The lowest BCUT2D eigenvalue weighted by Gasteiger charge is -2.19. The zero-order valence-electron chi connectivity index (χ0n) is 14.7. The Hall–Kier alpha value is -2.68. The zero-order valence-corrected chi connectivity index (χ0v) is 15.5. The number of hydrogen-bond acceptors (Lipinski definition) is 6. The highest BCUT2D eigenvalue weighted by Crippen LogP contribution is 2.34. The van der Waals surface area contributed by atoms with Crippen molar-refractivity contribution in [3.05, 3.63) is 35.2 Å². The fourth-order valence-corrected chi connectivity index (χ4v) is 4.35. The average molecular weight is 380 g/mol. The van der Waals surface area contributed by atoms with Crippen molar-refractivity contribution in [3.8, 4) is 11.5 Å². The second-order valence-electron chi connectivity index (χ2n) is 5.76. The van der Waals surface area contributed by atoms with Gasteiger partial charge in [-0.3, -0.25) is 4.72 Å². The highest BCUT2D eigenvalue weighted by Gasteiger charge is 2.30. The topological polar surface area (TPSA) is 107 Å². The SMILES string of the molecule is CCOC(=O)c1c(C)[nH]c(C)c1S(=O)(=O)Nc1ccc2c(c1)OCCO2. The van der Waals surface area contributed by atoms with Crippen LogP contribution in [-0.4, -0.2) is 39.2 Å². The third kappa shape index (κ3) is 3.34. The number of H-pyrrole nitrogens is 1. The van der Waals surface area contributed by atoms with Gasteiger partial charge in [-0.15, -0.1) is 0 Å². The molecule has 140 valence electrons. The number of benzene rings is 1. The summed E-state index contributed by atoms with van der Waals surface area (Å²) in [7, 11) is -4.02. The van der Waals surface area contributed by atoms with Crippen LogP contribution in [-0.2, 0) is 14.8 Å². The van der Waals surface area contributed by atoms with Crippen molar-refractivity contribution >= 4 is 21.7 Å². The molecule has 0 spiro atoms. The number of carbonyl (C=O) groups is 1. The second kappa shape index (κ2) is 6.91. The Kier molecular flexibility index (Phi) is 4.82. The molecule has 9 heteroatoms. The van der Waals surface area contributed by atoms with Crippen LogP contribution >= 0.6 is 0 Å². The van der Waals surface area contributed by atoms with Gasteiger partial charge in [0.2, 0.25) is 0 Å². The first-order chi connectivity index (χ1) is 12.3. The minimum atomic E-state index is -4.02. The molecule has 0 atom stereocenters. The summed E-state index contributed by atoms with van der Waals surface area (Å²) in [5.41, 5.74) is 1.11. The van der Waals surface area contributed by atoms with Crippen molar-refractivity contribution in [2.24, 2.45) is 0 Å². The van der Waals surface area contributed by atoms with E-state index >= 15 is 0 Å². The highest BCUT2D eigenvalue weighted by molar-refractivity contribution is 7.92. The Morgan fingerprint density at radius 2 is 1.88 bits per heavy atom. The third-order valence-electron chi connectivity index (χ3n) is 3.86. The largest absolute Gasteiger partial charge is 0.486 e. The van der Waals surface area contributed by atoms with Gasteiger partial charge in [0.25, 0.3) is 10.0 Å². The molecule has 26 heavy (non-hydrogen) atoms. The maximum Gasteiger partial charge on any atom is 0.341 e. The van der Waals surface area contributed by atoms with Crippen molar-refractivity contribution in [1.82, 2.24) is 4.98 Å². The maximum atomic E-state index is 12.9. The quantitative estimate of drug-likeness (QED) is 0.772. The number of aromatic nitrogens is 1. The van der Waals surface area contributed by atoms with Crippen LogP contribution in [0.15, 0.2) is 23.1 Å². The summed E-state index contributed by atoms with van der Waals surface area (Å²) in [5, 5.41) is 0. The van der Waals surface area contributed by atoms with Gasteiger partial charge in [0.05, 0.1) is 12.3 Å². The molecule has 0 aliphatic carbocycles. The molecule has 2 heterocycles. The van der Waals surface area contributed by atoms with Gasteiger partial charge in [-0.25, -0.2) is 13.2 Å². The predicted octanol–water partition coefficient (Wildman–Crippen LogP) is 2.38. The summed E-state index contributed by atoms with van der Waals surface area (Å²) in [4.78, 5) is 15.0. The summed E-state index contributed by atoms with van der Waals surface area (Å²) in [5.74, 6) is 0.334. The van der Waals surface area contributed by atoms with Crippen LogP contribution in [0.3, 0.4) is 0 Å². The Labute approximate surface area is 151 Å². The molecule has 0 amide bonds. The van der Waals surface area contributed by atoms with E-state index in [-0.39, 0.29) is 17.1 Å². The summed E-state index contributed by atoms with van der Waals surface area (Å²) >= 11 is 0. The van der Waals surface area contributed by atoms with Crippen molar-refractivity contribution in [1.29, 1.82) is 0 Å². The number of sulfonamides is 1. The molecule has 0 fully saturated rings. The fraction of sp³-hybridized carbons (Fsp3) is 0.353. The molecule has 1 aromatic carbocycles. The number of hydrogen-bond donors (Lipinski definition) is 2.